The van der Waals surface area contributed by atoms with E-state index in [0.29, 0.717) is 18.0 Å². The number of aromatic amines is 1. The largest absolute Gasteiger partial charge is 0.379 e. The molecule has 0 atom stereocenters. The quantitative estimate of drug-likeness (QED) is 0.589. The lowest BCUT2D eigenvalue weighted by molar-refractivity contribution is 0.00791. The van der Waals surface area contributed by atoms with Gasteiger partial charge in [0.1, 0.15) is 16.5 Å². The molecule has 5 rings (SSSR count). The molecule has 1 aliphatic carbocycles. The van der Waals surface area contributed by atoms with Crippen LogP contribution in [0.15, 0.2) is 18.3 Å². The lowest BCUT2D eigenvalue weighted by Crippen LogP contribution is -2.46. The van der Waals surface area contributed by atoms with Gasteiger partial charge in [0, 0.05) is 31.4 Å². The molecule has 0 radical (unpaired) electrons. The summed E-state index contributed by atoms with van der Waals surface area (Å²) in [6, 6.07) is 5.19. The van der Waals surface area contributed by atoms with E-state index in [4.69, 9.17) is 9.72 Å². The van der Waals surface area contributed by atoms with Crippen molar-refractivity contribution in [2.45, 2.75) is 44.7 Å². The highest BCUT2D eigenvalue weighted by Gasteiger charge is 2.27. The Labute approximate surface area is 174 Å². The maximum absolute atomic E-state index is 5.50. The molecular formula is C20H27N7OS. The number of anilines is 3. The van der Waals surface area contributed by atoms with Gasteiger partial charge in [-0.2, -0.15) is 14.3 Å². The molecule has 1 saturated heterocycles. The topological polar surface area (TPSA) is 91.0 Å². The van der Waals surface area contributed by atoms with Gasteiger partial charge in [-0.25, -0.2) is 0 Å². The zero-order valence-electron chi connectivity index (χ0n) is 16.6. The predicted molar refractivity (Wildman–Crippen MR) is 116 cm³/mol. The van der Waals surface area contributed by atoms with Crippen molar-refractivity contribution in [3.05, 3.63) is 24.0 Å². The van der Waals surface area contributed by atoms with Crippen molar-refractivity contribution in [3.8, 4) is 0 Å². The number of H-pyrrole nitrogens is 1. The van der Waals surface area contributed by atoms with Crippen LogP contribution in [-0.2, 0) is 4.74 Å². The van der Waals surface area contributed by atoms with E-state index in [1.54, 1.807) is 0 Å². The van der Waals surface area contributed by atoms with E-state index in [9.17, 15) is 0 Å². The van der Waals surface area contributed by atoms with Crippen LogP contribution in [0.3, 0.4) is 0 Å². The van der Waals surface area contributed by atoms with Gasteiger partial charge in [0.05, 0.1) is 24.3 Å². The molecule has 8 nitrogen and oxygen atoms in total. The van der Waals surface area contributed by atoms with Crippen LogP contribution in [0.5, 0.6) is 0 Å². The minimum absolute atomic E-state index is 0.443. The molecule has 1 aliphatic heterocycles. The van der Waals surface area contributed by atoms with Crippen LogP contribution in [-0.4, -0.2) is 62.6 Å². The summed E-state index contributed by atoms with van der Waals surface area (Å²) >= 11 is 1.42. The summed E-state index contributed by atoms with van der Waals surface area (Å²) in [6.45, 7) is 5.88. The van der Waals surface area contributed by atoms with E-state index < -0.39 is 0 Å². The third kappa shape index (κ3) is 4.22. The molecule has 0 aromatic carbocycles. The van der Waals surface area contributed by atoms with Gasteiger partial charge in [-0.15, -0.1) is 0 Å². The monoisotopic (exact) mass is 413 g/mol. The third-order valence-corrected chi connectivity index (χ3v) is 6.67. The van der Waals surface area contributed by atoms with Crippen LogP contribution in [0.2, 0.25) is 0 Å². The van der Waals surface area contributed by atoms with Gasteiger partial charge in [-0.1, -0.05) is 0 Å². The van der Waals surface area contributed by atoms with Crippen molar-refractivity contribution in [1.82, 2.24) is 24.2 Å². The molecule has 0 amide bonds. The summed E-state index contributed by atoms with van der Waals surface area (Å²) < 4.78 is 9.81. The highest BCUT2D eigenvalue weighted by Crippen LogP contribution is 2.29. The second-order valence-electron chi connectivity index (χ2n) is 7.89. The van der Waals surface area contributed by atoms with Crippen molar-refractivity contribution >= 4 is 39.3 Å². The molecule has 0 unspecified atom stereocenters. The Morgan fingerprint density at radius 1 is 1.17 bits per heavy atom. The Bertz CT molecular complexity index is 957. The number of aromatic nitrogens is 4. The lowest BCUT2D eigenvalue weighted by atomic mass is 9.90. The molecule has 0 bridgehead atoms. The fourth-order valence-corrected chi connectivity index (χ4v) is 5.02. The van der Waals surface area contributed by atoms with Gasteiger partial charge in [-0.3, -0.25) is 4.90 Å². The first kappa shape index (κ1) is 18.8. The summed E-state index contributed by atoms with van der Waals surface area (Å²) in [5.41, 5.74) is 1.84. The van der Waals surface area contributed by atoms with Gasteiger partial charge in [0.15, 0.2) is 0 Å². The number of hydrogen-bond donors (Lipinski definition) is 3. The number of hydrogen-bond acceptors (Lipinski definition) is 8. The highest BCUT2D eigenvalue weighted by molar-refractivity contribution is 7.10. The number of fused-ring (bicyclic) bond motifs is 1. The van der Waals surface area contributed by atoms with Crippen LogP contribution < -0.4 is 10.6 Å². The standard InChI is InChI=1S/C20H27N7OS/c1-13-12-17(29-26-13)23-20-24-18-16(6-7-21-18)19(25-20)22-14-2-4-15(5-3-14)27-8-10-28-11-9-27/h6-7,12,14-15H,2-5,8-11H2,1H3,(H3,21,22,23,24,25)/t14-,15-. The van der Waals surface area contributed by atoms with Crippen molar-refractivity contribution in [1.29, 1.82) is 0 Å². The summed E-state index contributed by atoms with van der Waals surface area (Å²) in [5.74, 6) is 1.49. The number of nitrogens with one attached hydrogen (secondary N) is 3. The van der Waals surface area contributed by atoms with Crippen molar-refractivity contribution in [2.75, 3.05) is 36.9 Å². The van der Waals surface area contributed by atoms with E-state index in [1.165, 1.54) is 24.4 Å². The summed E-state index contributed by atoms with van der Waals surface area (Å²) in [7, 11) is 0. The molecule has 0 spiro atoms. The fourth-order valence-electron chi connectivity index (χ4n) is 4.36. The van der Waals surface area contributed by atoms with E-state index in [-0.39, 0.29) is 0 Å². The smallest absolute Gasteiger partial charge is 0.231 e. The fraction of sp³-hybridized carbons (Fsp3) is 0.550. The van der Waals surface area contributed by atoms with Crippen LogP contribution in [0.1, 0.15) is 31.4 Å². The summed E-state index contributed by atoms with van der Waals surface area (Å²) in [6.07, 6.45) is 6.69. The minimum atomic E-state index is 0.443. The second-order valence-corrected chi connectivity index (χ2v) is 8.70. The molecular weight excluding hydrogens is 386 g/mol. The van der Waals surface area contributed by atoms with Crippen molar-refractivity contribution in [3.63, 3.8) is 0 Å². The molecule has 4 heterocycles. The van der Waals surface area contributed by atoms with Crippen LogP contribution in [0.4, 0.5) is 16.8 Å². The van der Waals surface area contributed by atoms with Gasteiger partial charge < -0.3 is 20.4 Å². The minimum Gasteiger partial charge on any atom is -0.379 e. The Kier molecular flexibility index (Phi) is 5.34. The second kappa shape index (κ2) is 8.25. The number of nitrogens with zero attached hydrogens (tertiary/aromatic N) is 4. The van der Waals surface area contributed by atoms with E-state index in [1.807, 2.05) is 25.3 Å². The lowest BCUT2D eigenvalue weighted by Gasteiger charge is -2.39. The Morgan fingerprint density at radius 2 is 2.00 bits per heavy atom. The zero-order chi connectivity index (χ0) is 19.6. The molecule has 2 fully saturated rings. The Hall–Kier alpha value is -2.23. The maximum Gasteiger partial charge on any atom is 0.231 e. The first-order chi connectivity index (χ1) is 14.2. The van der Waals surface area contributed by atoms with Gasteiger partial charge >= 0.3 is 0 Å². The van der Waals surface area contributed by atoms with Crippen LogP contribution in [0.25, 0.3) is 11.0 Å². The zero-order valence-corrected chi connectivity index (χ0v) is 17.5. The summed E-state index contributed by atoms with van der Waals surface area (Å²) in [4.78, 5) is 15.2. The van der Waals surface area contributed by atoms with Crippen LogP contribution in [0, 0.1) is 6.92 Å². The molecule has 1 saturated carbocycles. The van der Waals surface area contributed by atoms with E-state index in [2.05, 4.69) is 29.9 Å². The number of morpholine rings is 1. The van der Waals surface area contributed by atoms with Gasteiger partial charge in [0.2, 0.25) is 5.95 Å². The van der Waals surface area contributed by atoms with Gasteiger partial charge in [0.25, 0.3) is 0 Å². The molecule has 3 aromatic rings. The number of ether oxygens (including phenoxy) is 1. The Balaban J connectivity index is 1.28. The summed E-state index contributed by atoms with van der Waals surface area (Å²) in [5, 5.41) is 8.97. The third-order valence-electron chi connectivity index (χ3n) is 5.88. The predicted octanol–water partition coefficient (Wildman–Crippen LogP) is 3.52. The molecule has 9 heteroatoms. The Morgan fingerprint density at radius 3 is 2.76 bits per heavy atom. The van der Waals surface area contributed by atoms with Gasteiger partial charge in [-0.05, 0) is 56.3 Å². The van der Waals surface area contributed by atoms with Crippen molar-refractivity contribution < 1.29 is 4.74 Å². The first-order valence-corrected chi connectivity index (χ1v) is 11.2. The highest BCUT2D eigenvalue weighted by atomic mass is 32.1. The number of aryl methyl sites for hydroxylation is 1. The molecule has 3 N–H and O–H groups in total. The average Bonchev–Trinajstić information content (AvgIpc) is 3.38. The number of rotatable bonds is 5. The maximum atomic E-state index is 5.50. The molecule has 2 aliphatic rings. The van der Waals surface area contributed by atoms with E-state index >= 15 is 0 Å². The molecule has 3 aromatic heterocycles. The first-order valence-electron chi connectivity index (χ1n) is 10.4. The molecule has 154 valence electrons. The molecule has 29 heavy (non-hydrogen) atoms. The van der Waals surface area contributed by atoms with Crippen LogP contribution >= 0.6 is 11.5 Å². The average molecular weight is 414 g/mol. The normalized spacial score (nSPS) is 23.3. The van der Waals surface area contributed by atoms with E-state index in [0.717, 1.165) is 66.7 Å². The van der Waals surface area contributed by atoms with Crippen molar-refractivity contribution in [2.24, 2.45) is 0 Å². The SMILES string of the molecule is Cc1cc(Nc2nc(N[C@H]3CC[C@H](N4CCOCC4)CC3)c3cc[nH]c3n2)sn1.